The average molecular weight is 326 g/mol. The second-order valence-corrected chi connectivity index (χ2v) is 5.88. The molecule has 0 unspecified atom stereocenters. The van der Waals surface area contributed by atoms with Crippen molar-refractivity contribution >= 4 is 23.1 Å². The molecule has 0 aliphatic rings. The molecule has 0 bridgehead atoms. The van der Waals surface area contributed by atoms with Crippen LogP contribution in [-0.2, 0) is 6.18 Å². The monoisotopic (exact) mass is 326 g/mol. The summed E-state index contributed by atoms with van der Waals surface area (Å²) in [5, 5.41) is 10.9. The van der Waals surface area contributed by atoms with Gasteiger partial charge in [-0.1, -0.05) is 12.1 Å². The fraction of sp³-hybridized carbons (Fsp3) is 0.143. The fourth-order valence-electron chi connectivity index (χ4n) is 1.65. The van der Waals surface area contributed by atoms with E-state index < -0.39 is 17.3 Å². The van der Waals surface area contributed by atoms with Gasteiger partial charge in [0.25, 0.3) is 0 Å². The van der Waals surface area contributed by atoms with Crippen LogP contribution in [0.4, 0.5) is 13.2 Å². The largest absolute Gasteiger partial charge is 0.417 e. The first kappa shape index (κ1) is 15.6. The molecule has 0 aliphatic carbocycles. The Kier molecular flexibility index (Phi) is 4.70. The van der Waals surface area contributed by atoms with Crippen LogP contribution in [0.2, 0.25) is 0 Å². The minimum Gasteiger partial charge on any atom is -0.239 e. The summed E-state index contributed by atoms with van der Waals surface area (Å²) in [5.41, 5.74) is -1.16. The maximum absolute atomic E-state index is 13.2. The minimum atomic E-state index is -4.59. The normalized spacial score (nSPS) is 11.1. The molecule has 0 aromatic carbocycles. The van der Waals surface area contributed by atoms with Crippen molar-refractivity contribution in [3.05, 3.63) is 47.4 Å². The minimum absolute atomic E-state index is 0.0793. The number of alkyl halides is 3. The molecule has 2 heterocycles. The van der Waals surface area contributed by atoms with E-state index in [1.54, 1.807) is 29.7 Å². The molecule has 21 heavy (non-hydrogen) atoms. The lowest BCUT2D eigenvalue weighted by atomic mass is 10.1. The third-order valence-corrected chi connectivity index (χ3v) is 4.38. The van der Waals surface area contributed by atoms with Crippen LogP contribution >= 0.6 is 23.1 Å². The quantitative estimate of drug-likeness (QED) is 0.587. The highest BCUT2D eigenvalue weighted by atomic mass is 32.2. The summed E-state index contributed by atoms with van der Waals surface area (Å²) >= 11 is 2.37. The lowest BCUT2D eigenvalue weighted by Crippen LogP contribution is -2.10. The van der Waals surface area contributed by atoms with Crippen molar-refractivity contribution in [2.45, 2.75) is 11.2 Å². The number of hydrogen-bond donors (Lipinski definition) is 0. The molecule has 0 atom stereocenters. The fourth-order valence-corrected chi connectivity index (χ4v) is 3.07. The van der Waals surface area contributed by atoms with E-state index in [4.69, 9.17) is 5.26 Å². The van der Waals surface area contributed by atoms with Gasteiger partial charge < -0.3 is 0 Å². The number of aromatic nitrogens is 1. The molecule has 0 radical (unpaired) electrons. The van der Waals surface area contributed by atoms with Crippen LogP contribution in [0.1, 0.15) is 11.1 Å². The lowest BCUT2D eigenvalue weighted by molar-refractivity contribution is -0.138. The van der Waals surface area contributed by atoms with E-state index in [1.807, 2.05) is 0 Å². The summed E-state index contributed by atoms with van der Waals surface area (Å²) in [5.74, 6) is 0.382. The lowest BCUT2D eigenvalue weighted by Gasteiger charge is -2.13. The first-order valence-electron chi connectivity index (χ1n) is 5.77. The van der Waals surface area contributed by atoms with Crippen LogP contribution in [0.5, 0.6) is 0 Å². The highest BCUT2D eigenvalue weighted by Crippen LogP contribution is 2.38. The van der Waals surface area contributed by atoms with Crippen LogP contribution in [0.3, 0.4) is 0 Å². The number of halogens is 3. The summed E-state index contributed by atoms with van der Waals surface area (Å²) in [6, 6.07) is 5.99. The average Bonchev–Trinajstić information content (AvgIpc) is 2.97. The molecule has 0 spiro atoms. The maximum Gasteiger partial charge on any atom is 0.417 e. The Balaban J connectivity index is 2.65. The van der Waals surface area contributed by atoms with Crippen molar-refractivity contribution in [2.24, 2.45) is 0 Å². The predicted molar refractivity (Wildman–Crippen MR) is 78.2 cm³/mol. The molecule has 2 nitrogen and oxygen atoms in total. The highest BCUT2D eigenvalue weighted by molar-refractivity contribution is 7.99. The molecule has 0 saturated heterocycles. The van der Waals surface area contributed by atoms with Crippen molar-refractivity contribution in [3.63, 3.8) is 0 Å². The maximum atomic E-state index is 13.2. The molecule has 0 fully saturated rings. The van der Waals surface area contributed by atoms with Gasteiger partial charge in [-0.25, -0.2) is 4.98 Å². The predicted octanol–water partition coefficient (Wildman–Crippen LogP) is 4.98. The Bertz CT molecular complexity index is 685. The Labute approximate surface area is 127 Å². The van der Waals surface area contributed by atoms with Gasteiger partial charge in [-0.15, -0.1) is 29.7 Å². The topological polar surface area (TPSA) is 36.7 Å². The molecule has 0 N–H and O–H groups in total. The molecule has 7 heteroatoms. The second-order valence-electron chi connectivity index (χ2n) is 3.92. The van der Waals surface area contributed by atoms with E-state index in [0.29, 0.717) is 10.6 Å². The van der Waals surface area contributed by atoms with Crippen LogP contribution in [0, 0.1) is 11.3 Å². The Morgan fingerprint density at radius 2 is 2.24 bits per heavy atom. The van der Waals surface area contributed by atoms with Gasteiger partial charge in [0.05, 0.1) is 21.7 Å². The summed E-state index contributed by atoms with van der Waals surface area (Å²) in [6.07, 6.45) is -3.04. The summed E-state index contributed by atoms with van der Waals surface area (Å²) in [7, 11) is 0. The summed E-state index contributed by atoms with van der Waals surface area (Å²) in [6.45, 7) is 3.52. The van der Waals surface area contributed by atoms with Crippen LogP contribution in [0.15, 0.2) is 41.3 Å². The Morgan fingerprint density at radius 1 is 1.48 bits per heavy atom. The van der Waals surface area contributed by atoms with Gasteiger partial charge in [-0.2, -0.15) is 18.4 Å². The van der Waals surface area contributed by atoms with E-state index in [9.17, 15) is 13.2 Å². The zero-order valence-electron chi connectivity index (χ0n) is 10.6. The number of nitrogens with zero attached hydrogens (tertiary/aromatic N) is 2. The number of thioether (sulfide) groups is 1. The van der Waals surface area contributed by atoms with E-state index in [0.717, 1.165) is 17.8 Å². The first-order chi connectivity index (χ1) is 9.97. The molecule has 2 aromatic rings. The van der Waals surface area contributed by atoms with E-state index >= 15 is 0 Å². The van der Waals surface area contributed by atoms with Gasteiger partial charge in [0.15, 0.2) is 0 Å². The molecule has 2 rings (SSSR count). The van der Waals surface area contributed by atoms with E-state index in [-0.39, 0.29) is 10.7 Å². The number of rotatable bonds is 4. The number of nitriles is 1. The Hall–Kier alpha value is -1.78. The molecular formula is C14H9F3N2S2. The van der Waals surface area contributed by atoms with Crippen LogP contribution < -0.4 is 0 Å². The second kappa shape index (κ2) is 6.33. The van der Waals surface area contributed by atoms with Crippen molar-refractivity contribution in [2.75, 3.05) is 5.75 Å². The van der Waals surface area contributed by atoms with Gasteiger partial charge in [-0.05, 0) is 17.5 Å². The zero-order valence-corrected chi connectivity index (χ0v) is 12.3. The van der Waals surface area contributed by atoms with Gasteiger partial charge in [0, 0.05) is 5.75 Å². The number of thiophene rings is 1. The Morgan fingerprint density at radius 3 is 2.76 bits per heavy atom. The molecule has 108 valence electrons. The molecule has 0 aliphatic heterocycles. The van der Waals surface area contributed by atoms with E-state index in [2.05, 4.69) is 11.6 Å². The van der Waals surface area contributed by atoms with Gasteiger partial charge in [0.2, 0.25) is 0 Å². The van der Waals surface area contributed by atoms with Gasteiger partial charge in [0.1, 0.15) is 11.1 Å². The standard InChI is InChI=1S/C14H9F3N2S2/c1-2-5-21-13-9(8-18)10(14(15,16)17)7-11(19-13)12-4-3-6-20-12/h2-4,6-7H,1,5H2. The van der Waals surface area contributed by atoms with Crippen molar-refractivity contribution in [1.82, 2.24) is 4.98 Å². The molecule has 2 aromatic heterocycles. The number of hydrogen-bond acceptors (Lipinski definition) is 4. The van der Waals surface area contributed by atoms with Gasteiger partial charge in [-0.3, -0.25) is 0 Å². The smallest absolute Gasteiger partial charge is 0.239 e. The SMILES string of the molecule is C=CCSc1nc(-c2cccs2)cc(C(F)(F)F)c1C#N. The van der Waals surface area contributed by atoms with Crippen molar-refractivity contribution in [3.8, 4) is 16.6 Å². The van der Waals surface area contributed by atoms with Crippen molar-refractivity contribution < 1.29 is 13.2 Å². The van der Waals surface area contributed by atoms with Crippen LogP contribution in [0.25, 0.3) is 10.6 Å². The third-order valence-electron chi connectivity index (χ3n) is 2.51. The summed E-state index contributed by atoms with van der Waals surface area (Å²) in [4.78, 5) is 4.83. The van der Waals surface area contributed by atoms with E-state index in [1.165, 1.54) is 11.3 Å². The molecular weight excluding hydrogens is 317 g/mol. The number of pyridine rings is 1. The molecule has 0 amide bonds. The zero-order chi connectivity index (χ0) is 15.5. The van der Waals surface area contributed by atoms with Crippen molar-refractivity contribution in [1.29, 1.82) is 5.26 Å². The first-order valence-corrected chi connectivity index (χ1v) is 7.63. The third kappa shape index (κ3) is 3.46. The van der Waals surface area contributed by atoms with Crippen LogP contribution in [-0.4, -0.2) is 10.7 Å². The highest BCUT2D eigenvalue weighted by Gasteiger charge is 2.36. The molecule has 0 saturated carbocycles. The summed E-state index contributed by atoms with van der Waals surface area (Å²) < 4.78 is 39.5. The van der Waals surface area contributed by atoms with Gasteiger partial charge >= 0.3 is 6.18 Å².